The van der Waals surface area contributed by atoms with Crippen molar-refractivity contribution in [3.05, 3.63) is 70.8 Å². The number of fused-ring (bicyclic) bond motifs is 1. The maximum atomic E-state index is 12.4. The van der Waals surface area contributed by atoms with Gasteiger partial charge >= 0.3 is 5.97 Å². The van der Waals surface area contributed by atoms with Crippen LogP contribution in [0.25, 0.3) is 10.9 Å². The van der Waals surface area contributed by atoms with Gasteiger partial charge in [-0.3, -0.25) is 14.2 Å². The highest BCUT2D eigenvalue weighted by atomic mass is 16.6. The van der Waals surface area contributed by atoms with E-state index in [0.717, 1.165) is 5.75 Å². The van der Waals surface area contributed by atoms with Crippen LogP contribution >= 0.6 is 0 Å². The minimum absolute atomic E-state index is 0.0938. The van der Waals surface area contributed by atoms with Gasteiger partial charge in [-0.2, -0.15) is 0 Å². The third kappa shape index (κ3) is 5.44. The predicted molar refractivity (Wildman–Crippen MR) is 112 cm³/mol. The van der Waals surface area contributed by atoms with Crippen molar-refractivity contribution in [1.82, 2.24) is 9.55 Å². The molecule has 0 aliphatic carbocycles. The summed E-state index contributed by atoms with van der Waals surface area (Å²) >= 11 is 0. The summed E-state index contributed by atoms with van der Waals surface area (Å²) < 4.78 is 12.2. The Morgan fingerprint density at radius 2 is 1.76 bits per heavy atom. The normalized spacial score (nSPS) is 11.4. The van der Waals surface area contributed by atoms with Crippen molar-refractivity contribution < 1.29 is 14.3 Å². The van der Waals surface area contributed by atoms with Gasteiger partial charge in [-0.25, -0.2) is 4.98 Å². The molecule has 0 N–H and O–H groups in total. The molecule has 0 bridgehead atoms. The highest BCUT2D eigenvalue weighted by Gasteiger charge is 2.13. The minimum Gasteiger partial charge on any atom is -0.490 e. The Balaban J connectivity index is 1.43. The first-order valence-corrected chi connectivity index (χ1v) is 9.68. The third-order valence-electron chi connectivity index (χ3n) is 4.62. The summed E-state index contributed by atoms with van der Waals surface area (Å²) in [5.41, 5.74) is 1.81. The molecule has 0 saturated heterocycles. The first kappa shape index (κ1) is 20.6. The summed E-state index contributed by atoms with van der Waals surface area (Å²) in [6.07, 6.45) is 1.56. The van der Waals surface area contributed by atoms with Gasteiger partial charge in [0.15, 0.2) is 0 Å². The van der Waals surface area contributed by atoms with Gasteiger partial charge < -0.3 is 9.47 Å². The summed E-state index contributed by atoms with van der Waals surface area (Å²) in [5, 5.41) is 0.536. The van der Waals surface area contributed by atoms with Gasteiger partial charge in [-0.1, -0.05) is 45.0 Å². The number of benzene rings is 2. The smallest absolute Gasteiger partial charge is 0.307 e. The summed E-state index contributed by atoms with van der Waals surface area (Å²) in [7, 11) is 0. The van der Waals surface area contributed by atoms with Crippen LogP contribution in [0.1, 0.15) is 32.8 Å². The first-order chi connectivity index (χ1) is 13.8. The molecule has 29 heavy (non-hydrogen) atoms. The second kappa shape index (κ2) is 8.90. The fourth-order valence-corrected chi connectivity index (χ4v) is 2.92. The van der Waals surface area contributed by atoms with Crippen LogP contribution in [0, 0.1) is 0 Å². The van der Waals surface area contributed by atoms with Crippen LogP contribution in [0.5, 0.6) is 5.75 Å². The van der Waals surface area contributed by atoms with Gasteiger partial charge in [0, 0.05) is 6.54 Å². The molecule has 0 atom stereocenters. The summed E-state index contributed by atoms with van der Waals surface area (Å²) in [5.74, 6) is 0.361. The molecule has 0 fully saturated rings. The van der Waals surface area contributed by atoms with E-state index in [0.29, 0.717) is 10.9 Å². The number of hydrogen-bond donors (Lipinski definition) is 0. The lowest BCUT2D eigenvalue weighted by atomic mass is 9.87. The Morgan fingerprint density at radius 3 is 2.48 bits per heavy atom. The van der Waals surface area contributed by atoms with Gasteiger partial charge in [0.05, 0.1) is 23.7 Å². The van der Waals surface area contributed by atoms with Crippen molar-refractivity contribution in [3.63, 3.8) is 0 Å². The standard InChI is InChI=1S/C23H26N2O4/c1-23(2,3)17-8-10-18(11-9-17)28-14-15-29-21(26)12-13-25-16-24-20-7-5-4-6-19(20)22(25)27/h4-11,16H,12-15H2,1-3H3. The molecule has 1 aromatic heterocycles. The molecule has 2 aromatic carbocycles. The van der Waals surface area contributed by atoms with Crippen molar-refractivity contribution in [1.29, 1.82) is 0 Å². The Kier molecular flexibility index (Phi) is 6.32. The molecule has 0 aliphatic rings. The Bertz CT molecular complexity index is 1030. The molecule has 0 saturated carbocycles. The van der Waals surface area contributed by atoms with E-state index in [4.69, 9.17) is 9.47 Å². The largest absolute Gasteiger partial charge is 0.490 e. The summed E-state index contributed by atoms with van der Waals surface area (Å²) in [6, 6.07) is 15.0. The van der Waals surface area contributed by atoms with Crippen molar-refractivity contribution >= 4 is 16.9 Å². The highest BCUT2D eigenvalue weighted by Crippen LogP contribution is 2.24. The number of para-hydroxylation sites is 1. The Labute approximate surface area is 170 Å². The number of hydrogen-bond acceptors (Lipinski definition) is 5. The SMILES string of the molecule is CC(C)(C)c1ccc(OCCOC(=O)CCn2cnc3ccccc3c2=O)cc1. The van der Waals surface area contributed by atoms with Gasteiger partial charge in [0.2, 0.25) is 0 Å². The second-order valence-corrected chi connectivity index (χ2v) is 7.85. The lowest BCUT2D eigenvalue weighted by molar-refractivity contribution is -0.144. The maximum absolute atomic E-state index is 12.4. The van der Waals surface area contributed by atoms with Crippen LogP contribution < -0.4 is 10.3 Å². The number of carbonyl (C=O) groups excluding carboxylic acids is 1. The number of ether oxygens (including phenoxy) is 2. The number of nitrogens with zero attached hydrogens (tertiary/aromatic N) is 2. The van der Waals surface area contributed by atoms with E-state index in [1.807, 2.05) is 30.3 Å². The zero-order chi connectivity index (χ0) is 20.9. The topological polar surface area (TPSA) is 70.4 Å². The number of esters is 1. The van der Waals surface area contributed by atoms with Crippen LogP contribution in [0.15, 0.2) is 59.7 Å². The molecule has 6 nitrogen and oxygen atoms in total. The Morgan fingerprint density at radius 1 is 1.03 bits per heavy atom. The van der Waals surface area contributed by atoms with Crippen molar-refractivity contribution in [3.8, 4) is 5.75 Å². The first-order valence-electron chi connectivity index (χ1n) is 9.68. The molecular formula is C23H26N2O4. The van der Waals surface area contributed by atoms with Crippen LogP contribution in [0.2, 0.25) is 0 Å². The van der Waals surface area contributed by atoms with Gasteiger partial charge in [-0.05, 0) is 35.2 Å². The van der Waals surface area contributed by atoms with Crippen LogP contribution in [0.4, 0.5) is 0 Å². The molecule has 152 valence electrons. The summed E-state index contributed by atoms with van der Waals surface area (Å²) in [4.78, 5) is 28.6. The third-order valence-corrected chi connectivity index (χ3v) is 4.62. The molecule has 3 rings (SSSR count). The van der Waals surface area contributed by atoms with E-state index in [9.17, 15) is 9.59 Å². The van der Waals surface area contributed by atoms with Crippen molar-refractivity contribution in [2.24, 2.45) is 0 Å². The zero-order valence-corrected chi connectivity index (χ0v) is 17.1. The fraction of sp³-hybridized carbons (Fsp3) is 0.348. The van der Waals surface area contributed by atoms with E-state index in [1.54, 1.807) is 18.2 Å². The van der Waals surface area contributed by atoms with E-state index in [2.05, 4.69) is 25.8 Å². The highest BCUT2D eigenvalue weighted by molar-refractivity contribution is 5.77. The molecule has 0 spiro atoms. The molecule has 6 heteroatoms. The quantitative estimate of drug-likeness (QED) is 0.451. The predicted octanol–water partition coefficient (Wildman–Crippen LogP) is 3.71. The average molecular weight is 394 g/mol. The molecule has 0 aliphatic heterocycles. The minimum atomic E-state index is -0.378. The number of rotatable bonds is 7. The van der Waals surface area contributed by atoms with E-state index in [1.165, 1.54) is 16.5 Å². The number of aryl methyl sites for hydroxylation is 1. The van der Waals surface area contributed by atoms with Crippen molar-refractivity contribution in [2.45, 2.75) is 39.2 Å². The second-order valence-electron chi connectivity index (χ2n) is 7.85. The molecule has 0 radical (unpaired) electrons. The van der Waals surface area contributed by atoms with Gasteiger partial charge in [0.1, 0.15) is 19.0 Å². The molecule has 0 unspecified atom stereocenters. The van der Waals surface area contributed by atoms with Crippen LogP contribution in [0.3, 0.4) is 0 Å². The summed E-state index contributed by atoms with van der Waals surface area (Å²) in [6.45, 7) is 7.13. The molecule has 1 heterocycles. The molecular weight excluding hydrogens is 368 g/mol. The Hall–Kier alpha value is -3.15. The number of aromatic nitrogens is 2. The number of carbonyl (C=O) groups is 1. The van der Waals surface area contributed by atoms with E-state index >= 15 is 0 Å². The van der Waals surface area contributed by atoms with Gasteiger partial charge in [-0.15, -0.1) is 0 Å². The van der Waals surface area contributed by atoms with Crippen LogP contribution in [-0.2, 0) is 21.5 Å². The molecule has 0 amide bonds. The lowest BCUT2D eigenvalue weighted by Gasteiger charge is -2.19. The van der Waals surface area contributed by atoms with Gasteiger partial charge in [0.25, 0.3) is 5.56 Å². The van der Waals surface area contributed by atoms with Crippen LogP contribution in [-0.4, -0.2) is 28.7 Å². The zero-order valence-electron chi connectivity index (χ0n) is 17.1. The van der Waals surface area contributed by atoms with E-state index < -0.39 is 0 Å². The van der Waals surface area contributed by atoms with Crippen molar-refractivity contribution in [2.75, 3.05) is 13.2 Å². The fourth-order valence-electron chi connectivity index (χ4n) is 2.92. The average Bonchev–Trinajstić information content (AvgIpc) is 2.70. The monoisotopic (exact) mass is 394 g/mol. The maximum Gasteiger partial charge on any atom is 0.307 e. The van der Waals surface area contributed by atoms with E-state index in [-0.39, 0.29) is 43.1 Å². The molecule has 3 aromatic rings. The lowest BCUT2D eigenvalue weighted by Crippen LogP contribution is -2.23.